The molecule has 0 unspecified atom stereocenters. The first kappa shape index (κ1) is 19.0. The molecule has 128 valence electrons. The largest absolute Gasteiger partial charge is 0.482 e. The molecule has 1 atom stereocenters. The van der Waals surface area contributed by atoms with Gasteiger partial charge >= 0.3 is 5.97 Å². The highest BCUT2D eigenvalue weighted by atomic mass is 16.6. The molecule has 0 fully saturated rings. The molecule has 0 saturated carbocycles. The lowest BCUT2D eigenvalue weighted by Crippen LogP contribution is -2.38. The van der Waals surface area contributed by atoms with Gasteiger partial charge in [0.05, 0.1) is 6.61 Å². The van der Waals surface area contributed by atoms with Gasteiger partial charge in [0, 0.05) is 13.7 Å². The Bertz CT molecular complexity index is 515. The van der Waals surface area contributed by atoms with Crippen LogP contribution in [0.2, 0.25) is 0 Å². The minimum atomic E-state index is -0.872. The van der Waals surface area contributed by atoms with Gasteiger partial charge in [-0.25, -0.2) is 4.79 Å². The summed E-state index contributed by atoms with van der Waals surface area (Å²) in [6.45, 7) is 6.15. The molecule has 0 radical (unpaired) electrons. The Hall–Kier alpha value is -2.08. The number of methoxy groups -OCH3 is 1. The average molecular weight is 323 g/mol. The van der Waals surface area contributed by atoms with E-state index in [1.807, 2.05) is 38.1 Å². The highest BCUT2D eigenvalue weighted by molar-refractivity contribution is 5.83. The first-order valence-corrected chi connectivity index (χ1v) is 7.63. The zero-order valence-corrected chi connectivity index (χ0v) is 14.1. The Labute approximate surface area is 137 Å². The summed E-state index contributed by atoms with van der Waals surface area (Å²) in [5.74, 6) is -0.0136. The second-order valence-electron chi connectivity index (χ2n) is 5.40. The van der Waals surface area contributed by atoms with Crippen molar-refractivity contribution in [3.05, 3.63) is 29.8 Å². The first-order valence-electron chi connectivity index (χ1n) is 7.63. The molecule has 6 heteroatoms. The maximum absolute atomic E-state index is 11.8. The summed E-state index contributed by atoms with van der Waals surface area (Å²) in [7, 11) is 1.54. The van der Waals surface area contributed by atoms with Crippen LogP contribution in [0, 0.1) is 0 Å². The summed E-state index contributed by atoms with van der Waals surface area (Å²) >= 11 is 0. The van der Waals surface area contributed by atoms with E-state index in [9.17, 15) is 9.59 Å². The van der Waals surface area contributed by atoms with Crippen LogP contribution in [0.15, 0.2) is 24.3 Å². The number of carbonyl (C=O) groups is 2. The van der Waals surface area contributed by atoms with Crippen molar-refractivity contribution >= 4 is 11.9 Å². The van der Waals surface area contributed by atoms with Crippen LogP contribution in [-0.2, 0) is 19.1 Å². The third-order valence-electron chi connectivity index (χ3n) is 3.17. The summed E-state index contributed by atoms with van der Waals surface area (Å²) < 4.78 is 15.4. The Morgan fingerprint density at radius 2 is 1.87 bits per heavy atom. The number of amides is 1. The van der Waals surface area contributed by atoms with Crippen LogP contribution < -0.4 is 10.1 Å². The van der Waals surface area contributed by atoms with E-state index in [1.165, 1.54) is 6.92 Å². The standard InChI is InChI=1S/C17H25NO5/c1-12(2)14-7-5-6-8-15(14)22-11-16(19)23-13(3)17(20)18-9-10-21-4/h5-8,12-13H,9-11H2,1-4H3,(H,18,20)/t13-/m0/s1. The molecule has 1 rings (SSSR count). The van der Waals surface area contributed by atoms with Gasteiger partial charge < -0.3 is 19.5 Å². The molecule has 1 amide bonds. The topological polar surface area (TPSA) is 73.9 Å². The third-order valence-corrected chi connectivity index (χ3v) is 3.17. The molecule has 6 nitrogen and oxygen atoms in total. The Balaban J connectivity index is 2.44. The van der Waals surface area contributed by atoms with E-state index in [1.54, 1.807) is 7.11 Å². The number of ether oxygens (including phenoxy) is 3. The van der Waals surface area contributed by atoms with Crippen molar-refractivity contribution in [2.75, 3.05) is 26.9 Å². The molecule has 1 aromatic carbocycles. The van der Waals surface area contributed by atoms with Crippen molar-refractivity contribution in [2.45, 2.75) is 32.8 Å². The summed E-state index contributed by atoms with van der Waals surface area (Å²) in [6, 6.07) is 7.53. The molecule has 0 spiro atoms. The molecule has 1 N–H and O–H groups in total. The van der Waals surface area contributed by atoms with Gasteiger partial charge in [-0.3, -0.25) is 4.79 Å². The van der Waals surface area contributed by atoms with Crippen molar-refractivity contribution < 1.29 is 23.8 Å². The Morgan fingerprint density at radius 3 is 2.52 bits per heavy atom. The second kappa shape index (κ2) is 9.84. The average Bonchev–Trinajstić information content (AvgIpc) is 2.53. The van der Waals surface area contributed by atoms with E-state index < -0.39 is 12.1 Å². The number of esters is 1. The summed E-state index contributed by atoms with van der Waals surface area (Å²) in [6.07, 6.45) is -0.872. The van der Waals surface area contributed by atoms with Crippen molar-refractivity contribution in [1.29, 1.82) is 0 Å². The SMILES string of the molecule is COCCNC(=O)[C@H](C)OC(=O)COc1ccccc1C(C)C. The van der Waals surface area contributed by atoms with E-state index in [0.717, 1.165) is 5.56 Å². The maximum Gasteiger partial charge on any atom is 0.344 e. The summed E-state index contributed by atoms with van der Waals surface area (Å²) in [4.78, 5) is 23.5. The monoisotopic (exact) mass is 323 g/mol. The minimum absolute atomic E-state index is 0.237. The normalized spacial score (nSPS) is 11.9. The third kappa shape index (κ3) is 6.69. The molecule has 0 aliphatic carbocycles. The quantitative estimate of drug-likeness (QED) is 0.555. The molecule has 0 aromatic heterocycles. The van der Waals surface area contributed by atoms with Crippen molar-refractivity contribution in [3.8, 4) is 5.75 Å². The fourth-order valence-electron chi connectivity index (χ4n) is 1.93. The minimum Gasteiger partial charge on any atom is -0.482 e. The van der Waals surface area contributed by atoms with Gasteiger partial charge in [-0.1, -0.05) is 32.0 Å². The fourth-order valence-corrected chi connectivity index (χ4v) is 1.93. The van der Waals surface area contributed by atoms with E-state index in [0.29, 0.717) is 18.9 Å². The molecular formula is C17H25NO5. The van der Waals surface area contributed by atoms with Gasteiger partial charge in [0.25, 0.3) is 5.91 Å². The van der Waals surface area contributed by atoms with Gasteiger partial charge in [-0.2, -0.15) is 0 Å². The smallest absolute Gasteiger partial charge is 0.344 e. The lowest BCUT2D eigenvalue weighted by atomic mass is 10.0. The number of hydrogen-bond acceptors (Lipinski definition) is 5. The number of hydrogen-bond donors (Lipinski definition) is 1. The fraction of sp³-hybridized carbons (Fsp3) is 0.529. The lowest BCUT2D eigenvalue weighted by molar-refractivity contribution is -0.156. The molecule has 0 saturated heterocycles. The predicted octanol–water partition coefficient (Wildman–Crippen LogP) is 1.88. The zero-order valence-electron chi connectivity index (χ0n) is 14.1. The number of rotatable bonds is 9. The van der Waals surface area contributed by atoms with Gasteiger partial charge in [-0.05, 0) is 24.5 Å². The summed E-state index contributed by atoms with van der Waals surface area (Å²) in [5.41, 5.74) is 1.02. The lowest BCUT2D eigenvalue weighted by Gasteiger charge is -2.15. The van der Waals surface area contributed by atoms with Crippen LogP contribution in [0.5, 0.6) is 5.75 Å². The van der Waals surface area contributed by atoms with Crippen molar-refractivity contribution in [2.24, 2.45) is 0 Å². The molecule has 0 bridgehead atoms. The van der Waals surface area contributed by atoms with Crippen molar-refractivity contribution in [3.63, 3.8) is 0 Å². The number of benzene rings is 1. The van der Waals surface area contributed by atoms with Crippen LogP contribution >= 0.6 is 0 Å². The first-order chi connectivity index (χ1) is 11.0. The second-order valence-corrected chi connectivity index (χ2v) is 5.40. The van der Waals surface area contributed by atoms with Crippen LogP contribution in [-0.4, -0.2) is 44.8 Å². The van der Waals surface area contributed by atoms with Crippen LogP contribution in [0.1, 0.15) is 32.3 Å². The molecule has 1 aromatic rings. The van der Waals surface area contributed by atoms with E-state index in [4.69, 9.17) is 14.2 Å². The van der Waals surface area contributed by atoms with E-state index in [2.05, 4.69) is 5.32 Å². The van der Waals surface area contributed by atoms with Crippen LogP contribution in [0.25, 0.3) is 0 Å². The molecule has 0 aliphatic heterocycles. The van der Waals surface area contributed by atoms with Gasteiger partial charge in [0.2, 0.25) is 0 Å². The predicted molar refractivity (Wildman–Crippen MR) is 86.5 cm³/mol. The molecule has 23 heavy (non-hydrogen) atoms. The molecular weight excluding hydrogens is 298 g/mol. The maximum atomic E-state index is 11.8. The van der Waals surface area contributed by atoms with Gasteiger partial charge in [0.15, 0.2) is 12.7 Å². The number of para-hydroxylation sites is 1. The zero-order chi connectivity index (χ0) is 17.2. The number of carbonyl (C=O) groups excluding carboxylic acids is 2. The Morgan fingerprint density at radius 1 is 1.17 bits per heavy atom. The van der Waals surface area contributed by atoms with Crippen LogP contribution in [0.4, 0.5) is 0 Å². The molecule has 0 aliphatic rings. The van der Waals surface area contributed by atoms with Crippen LogP contribution in [0.3, 0.4) is 0 Å². The summed E-state index contributed by atoms with van der Waals surface area (Å²) in [5, 5.41) is 2.60. The highest BCUT2D eigenvalue weighted by Gasteiger charge is 2.18. The highest BCUT2D eigenvalue weighted by Crippen LogP contribution is 2.25. The number of nitrogens with one attached hydrogen (secondary N) is 1. The Kier molecular flexibility index (Phi) is 8.11. The van der Waals surface area contributed by atoms with Gasteiger partial charge in [0.1, 0.15) is 5.75 Å². The molecule has 0 heterocycles. The van der Waals surface area contributed by atoms with Gasteiger partial charge in [-0.15, -0.1) is 0 Å². The van der Waals surface area contributed by atoms with E-state index >= 15 is 0 Å². The van der Waals surface area contributed by atoms with E-state index in [-0.39, 0.29) is 18.4 Å². The van der Waals surface area contributed by atoms with Crippen molar-refractivity contribution in [1.82, 2.24) is 5.32 Å².